The van der Waals surface area contributed by atoms with Gasteiger partial charge in [0.25, 0.3) is 0 Å². The number of hydrogen-bond acceptors (Lipinski definition) is 0. The van der Waals surface area contributed by atoms with Crippen molar-refractivity contribution in [1.82, 2.24) is 0 Å². The van der Waals surface area contributed by atoms with E-state index in [9.17, 15) is 0 Å². The number of hydrogen-bond donors (Lipinski definition) is 0. The van der Waals surface area contributed by atoms with Crippen LogP contribution in [0, 0.1) is 0 Å². The van der Waals surface area contributed by atoms with Gasteiger partial charge in [0.1, 0.15) is 0 Å². The molecule has 4 atom stereocenters. The summed E-state index contributed by atoms with van der Waals surface area (Å²) in [6.07, 6.45) is 0. The Kier molecular flexibility index (Phi) is 43200. The van der Waals surface area contributed by atoms with Crippen LogP contribution in [-0.4, -0.2) is 101 Å². The Morgan fingerprint density at radius 2 is 0.125 bits per heavy atom. The lowest BCUT2D eigenvalue weighted by Gasteiger charge is -0.154. The van der Waals surface area contributed by atoms with Crippen LogP contribution < -0.4 is 0 Å². The number of rotatable bonds is 0. The Balaban J connectivity index is 0. The molecule has 0 heterocycles. The lowest BCUT2D eigenvalue weighted by Crippen LogP contribution is -0.382. The third-order valence-corrected chi connectivity index (χ3v) is 0. The Morgan fingerprint density at radius 1 is 0.125 bits per heavy atom. The van der Waals surface area contributed by atoms with Crippen molar-refractivity contribution >= 4 is 141 Å². The van der Waals surface area contributed by atoms with E-state index >= 15 is 0 Å². The van der Waals surface area contributed by atoms with Crippen LogP contribution in [0.25, 0.3) is 0 Å². The van der Waals surface area contributed by atoms with Crippen molar-refractivity contribution in [3.8, 4) is 0 Å². The minimum absolute atomic E-state index is 0. The molecule has 0 aliphatic carbocycles. The van der Waals surface area contributed by atoms with Crippen LogP contribution in [0.2, 0.25) is 0 Å². The third-order valence-electron chi connectivity index (χ3n) is 0. The predicted molar refractivity (Wildman–Crippen MR) is 164 cm³/mol. The topological polar surface area (TPSA) is 0 Å². The minimum Gasteiger partial charge on any atom is -0.153 e. The average Bonchev–Trinajstić information content (AvgIpc) is 0. The average molecular weight is 302 g/mol. The van der Waals surface area contributed by atoms with Gasteiger partial charge in [-0.05, 0) is 0 Å². The maximum atomic E-state index is 0. The zero-order chi connectivity index (χ0) is 0. The van der Waals surface area contributed by atoms with E-state index < -0.39 is 0 Å². The molecule has 16 heteroatoms. The lowest BCUT2D eigenvalue weighted by molar-refractivity contribution is 5.75. The molecular formula is H48B12P4. The van der Waals surface area contributed by atoms with Gasteiger partial charge in [0, 0.05) is 0 Å². The van der Waals surface area contributed by atoms with Crippen LogP contribution in [0.3, 0.4) is 0 Å². The highest BCUT2D eigenvalue weighted by Crippen LogP contribution is 0.864. The standard InChI is InChI=1S/12BH3.4H3P/h16*1H3. The first-order valence-electron chi connectivity index (χ1n) is 0. The fraction of sp³-hybridized carbons (Fsp3) is 0. The van der Waals surface area contributed by atoms with Gasteiger partial charge in [-0.2, -0.15) is 39.6 Å². The van der Waals surface area contributed by atoms with Crippen molar-refractivity contribution in [2.45, 2.75) is 0 Å². The van der Waals surface area contributed by atoms with Gasteiger partial charge in [-0.3, -0.25) is 0 Å². The van der Waals surface area contributed by atoms with E-state index in [4.69, 9.17) is 0 Å². The normalized spacial score (nSPS) is 0. The summed E-state index contributed by atoms with van der Waals surface area (Å²) in [5.74, 6) is 0. The second-order valence-corrected chi connectivity index (χ2v) is 0. The molecule has 0 nitrogen and oxygen atoms in total. The summed E-state index contributed by atoms with van der Waals surface area (Å²) in [4.78, 5) is 0. The fourth-order valence-corrected chi connectivity index (χ4v) is 0. The molecule has 4 unspecified atom stereocenters. The maximum Gasteiger partial charge on any atom is 0.0814 e. The highest BCUT2D eigenvalue weighted by atomic mass is 31.0. The van der Waals surface area contributed by atoms with E-state index in [1.165, 1.54) is 0 Å². The van der Waals surface area contributed by atoms with Gasteiger partial charge < -0.3 is 0 Å². The van der Waals surface area contributed by atoms with Gasteiger partial charge >= 0.3 is 0 Å². The molecular weight excluding hydrogens is 254 g/mol. The van der Waals surface area contributed by atoms with Crippen LogP contribution in [0.4, 0.5) is 0 Å². The predicted octanol–water partition coefficient (Wildman–Crippen LogP) is -14.0. The molecule has 0 fully saturated rings. The molecule has 0 aromatic heterocycles. The molecule has 0 aromatic rings. The van der Waals surface area contributed by atoms with E-state index in [2.05, 4.69) is 0 Å². The summed E-state index contributed by atoms with van der Waals surface area (Å²) in [5, 5.41) is 0. The first-order chi connectivity index (χ1) is 0. The smallest absolute Gasteiger partial charge is 0.0814 e. The maximum absolute atomic E-state index is 0. The SMILES string of the molecule is B.B.B.B.B.B.B.B.B.B.B.B.P.P.P.P. The molecule has 104 valence electrons. The highest BCUT2D eigenvalue weighted by Gasteiger charge is 0.0926. The first kappa shape index (κ1) is 907. The second-order valence-electron chi connectivity index (χ2n) is 0. The summed E-state index contributed by atoms with van der Waals surface area (Å²) >= 11 is 0. The molecule has 0 aliphatic heterocycles. The van der Waals surface area contributed by atoms with E-state index in [1.54, 1.807) is 0 Å². The van der Waals surface area contributed by atoms with Crippen LogP contribution in [0.5, 0.6) is 0 Å². The molecule has 16 heavy (non-hydrogen) atoms. The zero-order valence-corrected chi connectivity index (χ0v) is 8.49. The van der Waals surface area contributed by atoms with Crippen molar-refractivity contribution in [3.63, 3.8) is 0 Å². The highest BCUT2D eigenvalue weighted by molar-refractivity contribution is 6.92. The van der Waals surface area contributed by atoms with Crippen LogP contribution in [-0.2, 0) is 0 Å². The zero-order valence-electron chi connectivity index (χ0n) is 2.83. The van der Waals surface area contributed by atoms with Crippen molar-refractivity contribution in [2.24, 2.45) is 0 Å². The van der Waals surface area contributed by atoms with E-state index in [0.29, 0.717) is 0 Å². The van der Waals surface area contributed by atoms with Crippen molar-refractivity contribution in [1.29, 1.82) is 0 Å². The van der Waals surface area contributed by atoms with Crippen molar-refractivity contribution in [3.05, 3.63) is 0 Å². The molecule has 0 spiro atoms. The van der Waals surface area contributed by atoms with Crippen molar-refractivity contribution < 1.29 is 0 Å². The van der Waals surface area contributed by atoms with Crippen LogP contribution in [0.1, 0.15) is 0 Å². The molecule has 0 aliphatic rings. The summed E-state index contributed by atoms with van der Waals surface area (Å²) in [6, 6.07) is 0. The minimum atomic E-state index is 0. The Labute approximate surface area is 140 Å². The second kappa shape index (κ2) is 763. The van der Waals surface area contributed by atoms with Gasteiger partial charge in [0.05, 0.1) is 101 Å². The molecule has 0 saturated heterocycles. The molecule has 0 radical (unpaired) electrons. The van der Waals surface area contributed by atoms with Crippen LogP contribution in [0.15, 0.2) is 0 Å². The quantitative estimate of drug-likeness (QED) is 0.308. The molecule has 0 N–H and O–H groups in total. The van der Waals surface area contributed by atoms with Crippen LogP contribution >= 0.6 is 39.6 Å². The van der Waals surface area contributed by atoms with Gasteiger partial charge in [0.2, 0.25) is 0 Å². The largest absolute Gasteiger partial charge is 0.153 e. The third kappa shape index (κ3) is 635. The molecule has 0 saturated carbocycles. The Bertz CT molecular complexity index is 13.0. The van der Waals surface area contributed by atoms with Gasteiger partial charge in [-0.15, -0.1) is 0 Å². The summed E-state index contributed by atoms with van der Waals surface area (Å²) in [7, 11) is 0. The van der Waals surface area contributed by atoms with Gasteiger partial charge in [-0.1, -0.05) is 0 Å². The van der Waals surface area contributed by atoms with E-state index in [0.717, 1.165) is 0 Å². The first-order valence-corrected chi connectivity index (χ1v) is 0. The summed E-state index contributed by atoms with van der Waals surface area (Å²) in [6.45, 7) is 0. The molecule has 0 aromatic carbocycles. The van der Waals surface area contributed by atoms with E-state index in [1.807, 2.05) is 0 Å². The fourth-order valence-electron chi connectivity index (χ4n) is 0. The molecule has 0 amide bonds. The molecule has 0 rings (SSSR count). The van der Waals surface area contributed by atoms with E-state index in [-0.39, 0.29) is 141 Å². The Hall–Kier alpha value is 2.50. The molecule has 0 bridgehead atoms. The monoisotopic (exact) mass is 304 g/mol. The summed E-state index contributed by atoms with van der Waals surface area (Å²) < 4.78 is 0. The van der Waals surface area contributed by atoms with Crippen molar-refractivity contribution in [2.75, 3.05) is 0 Å². The summed E-state index contributed by atoms with van der Waals surface area (Å²) in [5.41, 5.74) is 0. The van der Waals surface area contributed by atoms with Gasteiger partial charge in [0.15, 0.2) is 0 Å². The lowest BCUT2D eigenvalue weighted by atomic mass is 10.8. The Morgan fingerprint density at radius 3 is 0.125 bits per heavy atom. The van der Waals surface area contributed by atoms with Gasteiger partial charge in [-0.25, -0.2) is 0 Å².